The van der Waals surface area contributed by atoms with Gasteiger partial charge >= 0.3 is 0 Å². The molecule has 0 saturated heterocycles. The molecule has 0 saturated carbocycles. The van der Waals surface area contributed by atoms with Crippen molar-refractivity contribution >= 4 is 22.2 Å². The molecular formula is C14H19BrO3. The van der Waals surface area contributed by atoms with E-state index in [1.165, 1.54) is 0 Å². The van der Waals surface area contributed by atoms with Gasteiger partial charge in [-0.2, -0.15) is 0 Å². The molecule has 4 heteroatoms. The molecule has 18 heavy (non-hydrogen) atoms. The average molecular weight is 315 g/mol. The van der Waals surface area contributed by atoms with E-state index in [1.807, 2.05) is 13.0 Å². The third-order valence-electron chi connectivity index (χ3n) is 3.04. The van der Waals surface area contributed by atoms with Crippen molar-refractivity contribution in [3.63, 3.8) is 0 Å². The van der Waals surface area contributed by atoms with E-state index in [4.69, 9.17) is 9.47 Å². The van der Waals surface area contributed by atoms with Gasteiger partial charge in [0.15, 0.2) is 11.5 Å². The maximum Gasteiger partial charge on any atom is 0.165 e. The van der Waals surface area contributed by atoms with Crippen molar-refractivity contribution in [2.45, 2.75) is 32.6 Å². The first-order valence-corrected chi connectivity index (χ1v) is 6.76. The average Bonchev–Trinajstić information content (AvgIpc) is 2.38. The minimum atomic E-state index is 0.0900. The molecule has 1 unspecified atom stereocenters. The van der Waals surface area contributed by atoms with Crippen LogP contribution in [0, 0.1) is 0 Å². The van der Waals surface area contributed by atoms with E-state index in [9.17, 15) is 4.79 Å². The smallest absolute Gasteiger partial charge is 0.165 e. The number of hydrogen-bond acceptors (Lipinski definition) is 3. The van der Waals surface area contributed by atoms with Crippen LogP contribution in [-0.2, 0) is 11.2 Å². The van der Waals surface area contributed by atoms with Crippen LogP contribution in [-0.4, -0.2) is 20.5 Å². The Kier molecular flexibility index (Phi) is 5.66. The SMILES string of the molecule is CCc1cc(OC)c(OC)c(C(C)CC=O)c1Br. The maximum atomic E-state index is 10.7. The van der Waals surface area contributed by atoms with Crippen LogP contribution < -0.4 is 9.47 Å². The lowest BCUT2D eigenvalue weighted by Gasteiger charge is -2.20. The van der Waals surface area contributed by atoms with Crippen LogP contribution >= 0.6 is 15.9 Å². The molecule has 0 aliphatic heterocycles. The second kappa shape index (κ2) is 6.78. The molecule has 100 valence electrons. The van der Waals surface area contributed by atoms with Crippen molar-refractivity contribution in [1.29, 1.82) is 0 Å². The molecule has 0 heterocycles. The lowest BCUT2D eigenvalue weighted by atomic mass is 9.94. The van der Waals surface area contributed by atoms with Crippen LogP contribution in [0.3, 0.4) is 0 Å². The summed E-state index contributed by atoms with van der Waals surface area (Å²) in [6.45, 7) is 4.09. The molecule has 1 atom stereocenters. The largest absolute Gasteiger partial charge is 0.493 e. The zero-order valence-corrected chi connectivity index (χ0v) is 12.8. The predicted octanol–water partition coefficient (Wildman–Crippen LogP) is 3.72. The molecule has 3 nitrogen and oxygen atoms in total. The summed E-state index contributed by atoms with van der Waals surface area (Å²) < 4.78 is 11.8. The van der Waals surface area contributed by atoms with E-state index in [0.717, 1.165) is 28.3 Å². The number of hydrogen-bond donors (Lipinski definition) is 0. The maximum absolute atomic E-state index is 10.7. The van der Waals surface area contributed by atoms with Gasteiger partial charge in [0.05, 0.1) is 14.2 Å². The van der Waals surface area contributed by atoms with Gasteiger partial charge < -0.3 is 14.3 Å². The standard InChI is InChI=1S/C14H19BrO3/c1-5-10-8-11(17-3)14(18-4)12(13(10)15)9(2)6-7-16/h7-9H,5-6H2,1-4H3. The molecule has 0 aromatic heterocycles. The van der Waals surface area contributed by atoms with Gasteiger partial charge in [-0.25, -0.2) is 0 Å². The molecule has 1 aromatic carbocycles. The van der Waals surface area contributed by atoms with E-state index >= 15 is 0 Å². The Balaban J connectivity index is 3.46. The quantitative estimate of drug-likeness (QED) is 0.751. The van der Waals surface area contributed by atoms with E-state index in [1.54, 1.807) is 14.2 Å². The number of ether oxygens (including phenoxy) is 2. The minimum Gasteiger partial charge on any atom is -0.493 e. The first-order chi connectivity index (χ1) is 8.60. The normalized spacial score (nSPS) is 12.1. The molecule has 0 bridgehead atoms. The Morgan fingerprint density at radius 2 is 2.06 bits per heavy atom. The summed E-state index contributed by atoms with van der Waals surface area (Å²) in [4.78, 5) is 10.7. The third-order valence-corrected chi connectivity index (χ3v) is 3.98. The minimum absolute atomic E-state index is 0.0900. The molecule has 0 aliphatic carbocycles. The zero-order chi connectivity index (χ0) is 13.7. The number of aldehydes is 1. The fourth-order valence-electron chi connectivity index (χ4n) is 2.01. The van der Waals surface area contributed by atoms with Crippen LogP contribution in [0.5, 0.6) is 11.5 Å². The highest BCUT2D eigenvalue weighted by molar-refractivity contribution is 9.10. The van der Waals surface area contributed by atoms with Gasteiger partial charge in [0, 0.05) is 16.5 Å². The van der Waals surface area contributed by atoms with Crippen molar-refractivity contribution in [2.24, 2.45) is 0 Å². The highest BCUT2D eigenvalue weighted by atomic mass is 79.9. The Hall–Kier alpha value is -1.03. The summed E-state index contributed by atoms with van der Waals surface area (Å²) in [6.07, 6.45) is 2.29. The third kappa shape index (κ3) is 2.86. The van der Waals surface area contributed by atoms with Gasteiger partial charge in [-0.05, 0) is 24.0 Å². The second-order valence-electron chi connectivity index (χ2n) is 4.16. The van der Waals surface area contributed by atoms with E-state index in [-0.39, 0.29) is 5.92 Å². The van der Waals surface area contributed by atoms with Gasteiger partial charge in [0.2, 0.25) is 0 Å². The Labute approximate surface area is 117 Å². The lowest BCUT2D eigenvalue weighted by Crippen LogP contribution is -2.04. The van der Waals surface area contributed by atoms with Crippen molar-refractivity contribution in [3.05, 3.63) is 21.7 Å². The molecule has 0 N–H and O–H groups in total. The number of aryl methyl sites for hydroxylation is 1. The highest BCUT2D eigenvalue weighted by Crippen LogP contribution is 2.43. The number of rotatable bonds is 6. The summed E-state index contributed by atoms with van der Waals surface area (Å²) in [5, 5.41) is 0. The Morgan fingerprint density at radius 1 is 1.39 bits per heavy atom. The first kappa shape index (κ1) is 15.0. The summed E-state index contributed by atoms with van der Waals surface area (Å²) in [6, 6.07) is 1.97. The number of benzene rings is 1. The Morgan fingerprint density at radius 3 is 2.50 bits per heavy atom. The van der Waals surface area contributed by atoms with Crippen molar-refractivity contribution < 1.29 is 14.3 Å². The number of carbonyl (C=O) groups is 1. The van der Waals surface area contributed by atoms with Crippen molar-refractivity contribution in [1.82, 2.24) is 0 Å². The van der Waals surface area contributed by atoms with E-state index in [0.29, 0.717) is 17.9 Å². The monoisotopic (exact) mass is 314 g/mol. The lowest BCUT2D eigenvalue weighted by molar-refractivity contribution is -0.108. The van der Waals surface area contributed by atoms with Crippen LogP contribution in [0.25, 0.3) is 0 Å². The predicted molar refractivity (Wildman–Crippen MR) is 75.7 cm³/mol. The van der Waals surface area contributed by atoms with Gasteiger partial charge in [-0.15, -0.1) is 0 Å². The van der Waals surface area contributed by atoms with Crippen LogP contribution in [0.4, 0.5) is 0 Å². The number of carbonyl (C=O) groups excluding carboxylic acids is 1. The summed E-state index contributed by atoms with van der Waals surface area (Å²) in [5.41, 5.74) is 2.15. The molecular weight excluding hydrogens is 296 g/mol. The van der Waals surface area contributed by atoms with Crippen molar-refractivity contribution in [3.8, 4) is 11.5 Å². The second-order valence-corrected chi connectivity index (χ2v) is 4.95. The molecule has 0 spiro atoms. The molecule has 0 amide bonds. The molecule has 0 fully saturated rings. The van der Waals surface area contributed by atoms with Gasteiger partial charge in [0.1, 0.15) is 6.29 Å². The van der Waals surface area contributed by atoms with Gasteiger partial charge in [-0.3, -0.25) is 0 Å². The Bertz CT molecular complexity index is 430. The fraction of sp³-hybridized carbons (Fsp3) is 0.500. The zero-order valence-electron chi connectivity index (χ0n) is 11.2. The molecule has 1 rings (SSSR count). The van der Waals surface area contributed by atoms with Crippen molar-refractivity contribution in [2.75, 3.05) is 14.2 Å². The van der Waals surface area contributed by atoms with Crippen LogP contribution in [0.15, 0.2) is 10.5 Å². The highest BCUT2D eigenvalue weighted by Gasteiger charge is 2.21. The number of methoxy groups -OCH3 is 2. The van der Waals surface area contributed by atoms with Gasteiger partial charge in [0.25, 0.3) is 0 Å². The summed E-state index contributed by atoms with van der Waals surface area (Å²) in [7, 11) is 3.24. The number of halogens is 1. The van der Waals surface area contributed by atoms with E-state index < -0.39 is 0 Å². The molecule has 0 radical (unpaired) electrons. The molecule has 0 aliphatic rings. The summed E-state index contributed by atoms with van der Waals surface area (Å²) >= 11 is 3.62. The first-order valence-electron chi connectivity index (χ1n) is 5.97. The summed E-state index contributed by atoms with van der Waals surface area (Å²) in [5.74, 6) is 1.51. The van der Waals surface area contributed by atoms with Crippen LogP contribution in [0.1, 0.15) is 37.3 Å². The fourth-order valence-corrected chi connectivity index (χ4v) is 2.98. The molecule has 1 aromatic rings. The van der Waals surface area contributed by atoms with E-state index in [2.05, 4.69) is 22.9 Å². The van der Waals surface area contributed by atoms with Gasteiger partial charge in [-0.1, -0.05) is 29.8 Å². The van der Waals surface area contributed by atoms with Crippen LogP contribution in [0.2, 0.25) is 0 Å². The topological polar surface area (TPSA) is 35.5 Å².